The number of fused-ring (bicyclic) bond motifs is 2. The smallest absolute Gasteiger partial charge is 0.251 e. The molecule has 3 aromatic carbocycles. The fraction of sp³-hybridized carbons (Fsp3) is 0.176. The minimum Gasteiger partial charge on any atom is -0.460 e. The number of hydrogen-bond donors (Lipinski definition) is 1. The van der Waals surface area contributed by atoms with Crippen LogP contribution in [0, 0.1) is 17.7 Å². The van der Waals surface area contributed by atoms with Crippen LogP contribution in [0.25, 0.3) is 33.4 Å². The van der Waals surface area contributed by atoms with Crippen LogP contribution in [-0.4, -0.2) is 44.0 Å². The molecule has 0 spiro atoms. The highest BCUT2D eigenvalue weighted by Gasteiger charge is 2.45. The van der Waals surface area contributed by atoms with Gasteiger partial charge in [-0.25, -0.2) is 12.8 Å². The fourth-order valence-electron chi connectivity index (χ4n) is 5.89. The zero-order chi connectivity index (χ0) is 30.5. The van der Waals surface area contributed by atoms with Crippen LogP contribution in [0.15, 0.2) is 108 Å². The number of rotatable bonds is 6. The van der Waals surface area contributed by atoms with Crippen molar-refractivity contribution < 1.29 is 22.3 Å². The maximum absolute atomic E-state index is 13.8. The highest BCUT2D eigenvalue weighted by molar-refractivity contribution is 7.88. The molecule has 0 saturated heterocycles. The summed E-state index contributed by atoms with van der Waals surface area (Å²) in [7, 11) is -0.598. The predicted molar refractivity (Wildman–Crippen MR) is 166 cm³/mol. The zero-order valence-corrected chi connectivity index (χ0v) is 24.9. The Kier molecular flexibility index (Phi) is 7.14. The number of amides is 1. The van der Waals surface area contributed by atoms with Gasteiger partial charge in [0.05, 0.1) is 29.0 Å². The van der Waals surface area contributed by atoms with Gasteiger partial charge in [0.25, 0.3) is 5.91 Å². The minimum atomic E-state index is -3.66. The molecule has 0 radical (unpaired) electrons. The highest BCUT2D eigenvalue weighted by Crippen LogP contribution is 2.51. The molecule has 0 bridgehead atoms. The summed E-state index contributed by atoms with van der Waals surface area (Å²) in [5, 5.41) is 3.73. The molecule has 4 aromatic rings. The van der Waals surface area contributed by atoms with E-state index >= 15 is 0 Å². The van der Waals surface area contributed by atoms with Crippen LogP contribution in [0.5, 0.6) is 0 Å². The van der Waals surface area contributed by atoms with Crippen molar-refractivity contribution >= 4 is 38.2 Å². The van der Waals surface area contributed by atoms with E-state index in [1.807, 2.05) is 61.7 Å². The molecule has 6 rings (SSSR count). The third-order valence-electron chi connectivity index (χ3n) is 8.10. The van der Waals surface area contributed by atoms with Gasteiger partial charge >= 0.3 is 0 Å². The summed E-state index contributed by atoms with van der Waals surface area (Å²) in [6.45, 7) is 1.97. The number of aromatic nitrogens is 1. The van der Waals surface area contributed by atoms with Crippen LogP contribution in [0.4, 0.5) is 4.39 Å². The standard InChI is InChI=1S/C34H30FN3O4S/c1-20-30(24-10-7-9-22(16-24)25-17-23-8-5-6-11-27(23)37-19-25)28(38(3)43(4,40)41)18-29-31(20)32(34(39)36-2)33(42-29)21-12-14-26(35)15-13-21/h5-20,31H,1-4H3,(H,36,39). The van der Waals surface area contributed by atoms with E-state index in [1.165, 1.54) is 23.5 Å². The van der Waals surface area contributed by atoms with Gasteiger partial charge in [0.1, 0.15) is 17.3 Å². The Morgan fingerprint density at radius 3 is 2.40 bits per heavy atom. The molecule has 1 N–H and O–H groups in total. The summed E-state index contributed by atoms with van der Waals surface area (Å²) in [6.07, 6.45) is 4.68. The van der Waals surface area contributed by atoms with Crippen molar-refractivity contribution in [1.29, 1.82) is 0 Å². The lowest BCUT2D eigenvalue weighted by Crippen LogP contribution is -2.33. The van der Waals surface area contributed by atoms with Gasteiger partial charge in [0.2, 0.25) is 10.0 Å². The Hall–Kier alpha value is -4.76. The van der Waals surface area contributed by atoms with Crippen LogP contribution in [-0.2, 0) is 19.6 Å². The maximum Gasteiger partial charge on any atom is 0.251 e. The number of carbonyl (C=O) groups excluding carboxylic acids is 1. The average Bonchev–Trinajstić information content (AvgIpc) is 3.40. The van der Waals surface area contributed by atoms with Crippen LogP contribution in [0.1, 0.15) is 18.1 Å². The first-order valence-corrected chi connectivity index (χ1v) is 15.7. The third kappa shape index (κ3) is 5.10. The lowest BCUT2D eigenvalue weighted by Gasteiger charge is -2.33. The second-order valence-corrected chi connectivity index (χ2v) is 12.8. The fourth-order valence-corrected chi connectivity index (χ4v) is 6.40. The minimum absolute atomic E-state index is 0.320. The van der Waals surface area contributed by atoms with Gasteiger partial charge in [-0.05, 0) is 65.1 Å². The molecule has 1 aromatic heterocycles. The van der Waals surface area contributed by atoms with E-state index in [9.17, 15) is 17.6 Å². The number of likely N-dealkylation sites (N-methyl/N-ethyl adjacent to an activating group) is 2. The molecule has 2 heterocycles. The molecule has 0 fully saturated rings. The van der Waals surface area contributed by atoms with Gasteiger partial charge in [-0.2, -0.15) is 0 Å². The van der Waals surface area contributed by atoms with Crippen molar-refractivity contribution in [2.75, 3.05) is 20.4 Å². The quantitative estimate of drug-likeness (QED) is 0.296. The van der Waals surface area contributed by atoms with Crippen molar-refractivity contribution in [3.8, 4) is 11.1 Å². The van der Waals surface area contributed by atoms with Crippen molar-refractivity contribution in [2.45, 2.75) is 6.92 Å². The topological polar surface area (TPSA) is 88.6 Å². The largest absolute Gasteiger partial charge is 0.460 e. The number of carbonyl (C=O) groups is 1. The Bertz CT molecular complexity index is 1980. The van der Waals surface area contributed by atoms with E-state index in [-0.39, 0.29) is 11.8 Å². The number of allylic oxidation sites excluding steroid dienone is 3. The normalized spacial score (nSPS) is 18.3. The van der Waals surface area contributed by atoms with E-state index < -0.39 is 21.8 Å². The van der Waals surface area contributed by atoms with Gasteiger partial charge in [0.15, 0.2) is 0 Å². The van der Waals surface area contributed by atoms with E-state index in [2.05, 4.69) is 16.4 Å². The third-order valence-corrected chi connectivity index (χ3v) is 9.30. The molecule has 1 aliphatic carbocycles. The number of para-hydroxylation sites is 1. The second-order valence-electron chi connectivity index (χ2n) is 10.8. The number of ether oxygens (including phenoxy) is 1. The molecule has 218 valence electrons. The number of nitrogens with one attached hydrogen (secondary N) is 1. The molecular formula is C34H30FN3O4S. The molecule has 7 nitrogen and oxygen atoms in total. The van der Waals surface area contributed by atoms with Crippen LogP contribution in [0.2, 0.25) is 0 Å². The summed E-state index contributed by atoms with van der Waals surface area (Å²) in [6, 6.07) is 23.6. The summed E-state index contributed by atoms with van der Waals surface area (Å²) < 4.78 is 47.0. The van der Waals surface area contributed by atoms with Gasteiger partial charge in [-0.3, -0.25) is 14.1 Å². The first-order chi connectivity index (χ1) is 20.6. The van der Waals surface area contributed by atoms with Crippen molar-refractivity contribution in [2.24, 2.45) is 11.8 Å². The SMILES string of the molecule is CNC(=O)C1=C(c2ccc(F)cc2)OC2=CC(N(C)S(C)(=O)=O)=C(c3cccc(-c4cnc5ccccc5c4)c3)C(C)C21. The first kappa shape index (κ1) is 28.4. The van der Waals surface area contributed by atoms with E-state index in [0.717, 1.165) is 39.4 Å². The number of hydrogen-bond acceptors (Lipinski definition) is 5. The summed E-state index contributed by atoms with van der Waals surface area (Å²) in [4.78, 5) is 18.0. The summed E-state index contributed by atoms with van der Waals surface area (Å²) in [5.74, 6) is -0.825. The molecule has 2 aliphatic rings. The number of halogens is 1. The monoisotopic (exact) mass is 595 g/mol. The highest BCUT2D eigenvalue weighted by atomic mass is 32.2. The summed E-state index contributed by atoms with van der Waals surface area (Å²) in [5.41, 5.74) is 5.71. The van der Waals surface area contributed by atoms with Gasteiger partial charge in [-0.15, -0.1) is 0 Å². The van der Waals surface area contributed by atoms with Crippen molar-refractivity contribution in [1.82, 2.24) is 14.6 Å². The Labute approximate surface area is 250 Å². The molecular weight excluding hydrogens is 565 g/mol. The van der Waals surface area contributed by atoms with Gasteiger partial charge < -0.3 is 10.1 Å². The average molecular weight is 596 g/mol. The molecule has 2 unspecified atom stereocenters. The predicted octanol–water partition coefficient (Wildman–Crippen LogP) is 5.98. The van der Waals surface area contributed by atoms with Crippen molar-refractivity contribution in [3.63, 3.8) is 0 Å². The Morgan fingerprint density at radius 1 is 0.953 bits per heavy atom. The van der Waals surface area contributed by atoms with E-state index in [0.29, 0.717) is 28.4 Å². The zero-order valence-electron chi connectivity index (χ0n) is 24.1. The van der Waals surface area contributed by atoms with Gasteiger partial charge in [0, 0.05) is 42.9 Å². The number of sulfonamides is 1. The van der Waals surface area contributed by atoms with Gasteiger partial charge in [-0.1, -0.05) is 43.3 Å². The summed E-state index contributed by atoms with van der Waals surface area (Å²) >= 11 is 0. The maximum atomic E-state index is 13.8. The van der Waals surface area contributed by atoms with Crippen LogP contribution >= 0.6 is 0 Å². The van der Waals surface area contributed by atoms with Crippen molar-refractivity contribution in [3.05, 3.63) is 125 Å². The Balaban J connectivity index is 1.52. The number of benzene rings is 3. The number of pyridine rings is 1. The molecule has 9 heteroatoms. The van der Waals surface area contributed by atoms with Crippen LogP contribution in [0.3, 0.4) is 0 Å². The molecule has 0 saturated carbocycles. The molecule has 1 amide bonds. The number of nitrogens with zero attached hydrogens (tertiary/aromatic N) is 2. The lowest BCUT2D eigenvalue weighted by atomic mass is 9.74. The lowest BCUT2D eigenvalue weighted by molar-refractivity contribution is -0.117. The first-order valence-electron chi connectivity index (χ1n) is 13.8. The Morgan fingerprint density at radius 2 is 1.67 bits per heavy atom. The second kappa shape index (κ2) is 10.8. The van der Waals surface area contributed by atoms with Crippen LogP contribution < -0.4 is 5.32 Å². The molecule has 1 aliphatic heterocycles. The van der Waals surface area contributed by atoms with E-state index in [4.69, 9.17) is 4.74 Å². The molecule has 2 atom stereocenters. The molecule has 43 heavy (non-hydrogen) atoms. The van der Waals surface area contributed by atoms with E-state index in [1.54, 1.807) is 25.3 Å².